The maximum Gasteiger partial charge on any atom is 0.139 e. The van der Waals surface area contributed by atoms with E-state index in [1.165, 1.54) is 11.5 Å². The number of hydrogen-bond donors (Lipinski definition) is 1. The van der Waals surface area contributed by atoms with E-state index >= 15 is 0 Å². The van der Waals surface area contributed by atoms with Gasteiger partial charge in [0.1, 0.15) is 10.8 Å². The number of aryl methyl sites for hydroxylation is 1. The summed E-state index contributed by atoms with van der Waals surface area (Å²) in [6, 6.07) is 0. The van der Waals surface area contributed by atoms with Gasteiger partial charge in [0.25, 0.3) is 0 Å². The van der Waals surface area contributed by atoms with E-state index in [-0.39, 0.29) is 6.61 Å². The number of aromatic nitrogens is 2. The minimum atomic E-state index is 0.00546. The largest absolute Gasteiger partial charge is 0.389 e. The Labute approximate surface area is 51.2 Å². The Morgan fingerprint density at radius 1 is 1.75 bits per heavy atom. The lowest BCUT2D eigenvalue weighted by molar-refractivity contribution is 0.281. The first-order valence-corrected chi connectivity index (χ1v) is 3.00. The molecule has 44 valence electrons. The van der Waals surface area contributed by atoms with Gasteiger partial charge in [-0.05, 0) is 18.5 Å². The van der Waals surface area contributed by atoms with Gasteiger partial charge in [-0.1, -0.05) is 0 Å². The van der Waals surface area contributed by atoms with Gasteiger partial charge in [-0.3, -0.25) is 0 Å². The summed E-state index contributed by atoms with van der Waals surface area (Å²) in [6.07, 6.45) is 0. The first-order valence-electron chi connectivity index (χ1n) is 2.23. The summed E-state index contributed by atoms with van der Waals surface area (Å²) < 4.78 is 3.86. The Bertz CT molecular complexity index is 174. The molecular weight excluding hydrogens is 124 g/mol. The molecule has 0 amide bonds. The van der Waals surface area contributed by atoms with Crippen molar-refractivity contribution in [3.8, 4) is 0 Å². The molecule has 0 aliphatic rings. The zero-order valence-corrected chi connectivity index (χ0v) is 5.27. The molecule has 0 radical (unpaired) electrons. The third-order valence-corrected chi connectivity index (χ3v) is 1.49. The molecule has 1 N–H and O–H groups in total. The predicted octanol–water partition coefficient (Wildman–Crippen LogP) is 0.339. The molecule has 8 heavy (non-hydrogen) atoms. The summed E-state index contributed by atoms with van der Waals surface area (Å²) in [6.45, 7) is 1.81. The van der Waals surface area contributed by atoms with Gasteiger partial charge in [0.15, 0.2) is 0 Å². The molecule has 0 saturated heterocycles. The van der Waals surface area contributed by atoms with Crippen molar-refractivity contribution in [1.82, 2.24) is 9.36 Å². The molecule has 1 aromatic rings. The van der Waals surface area contributed by atoms with Crippen molar-refractivity contribution in [2.24, 2.45) is 0 Å². The number of aliphatic hydroxyl groups is 1. The van der Waals surface area contributed by atoms with Crippen LogP contribution in [-0.4, -0.2) is 14.5 Å². The number of hydrogen-bond acceptors (Lipinski definition) is 4. The third-order valence-electron chi connectivity index (χ3n) is 0.705. The molecule has 0 unspecified atom stereocenters. The van der Waals surface area contributed by atoms with Crippen LogP contribution in [0.1, 0.15) is 10.8 Å². The van der Waals surface area contributed by atoms with Gasteiger partial charge in [-0.15, -0.1) is 0 Å². The molecule has 1 heterocycles. The number of rotatable bonds is 1. The topological polar surface area (TPSA) is 46.0 Å². The van der Waals surface area contributed by atoms with Crippen LogP contribution >= 0.6 is 11.5 Å². The fourth-order valence-electron chi connectivity index (χ4n) is 0.404. The zero-order chi connectivity index (χ0) is 5.98. The molecule has 0 spiro atoms. The monoisotopic (exact) mass is 130 g/mol. The van der Waals surface area contributed by atoms with Crippen molar-refractivity contribution in [2.45, 2.75) is 13.5 Å². The van der Waals surface area contributed by atoms with E-state index in [1.807, 2.05) is 0 Å². The standard InChI is InChI=1S/C4H6N2OS/c1-3-5-4(2-7)8-6-3/h7H,2H2,1H3. The lowest BCUT2D eigenvalue weighted by Gasteiger charge is -1.76. The van der Waals surface area contributed by atoms with Crippen LogP contribution in [0.3, 0.4) is 0 Å². The van der Waals surface area contributed by atoms with Gasteiger partial charge >= 0.3 is 0 Å². The first-order chi connectivity index (χ1) is 3.83. The van der Waals surface area contributed by atoms with Gasteiger partial charge in [-0.2, -0.15) is 4.37 Å². The molecule has 0 aliphatic heterocycles. The maximum atomic E-state index is 8.46. The predicted molar refractivity (Wildman–Crippen MR) is 30.6 cm³/mol. The Morgan fingerprint density at radius 3 is 2.75 bits per heavy atom. The lowest BCUT2D eigenvalue weighted by atomic mass is 10.7. The van der Waals surface area contributed by atoms with Gasteiger partial charge in [0.05, 0.1) is 6.61 Å². The van der Waals surface area contributed by atoms with Crippen molar-refractivity contribution in [2.75, 3.05) is 0 Å². The van der Waals surface area contributed by atoms with Crippen LogP contribution in [0.4, 0.5) is 0 Å². The van der Waals surface area contributed by atoms with Crippen molar-refractivity contribution < 1.29 is 5.11 Å². The minimum Gasteiger partial charge on any atom is -0.389 e. The van der Waals surface area contributed by atoms with Crippen molar-refractivity contribution in [3.05, 3.63) is 10.8 Å². The summed E-state index contributed by atoms with van der Waals surface area (Å²) in [5.74, 6) is 0.735. The summed E-state index contributed by atoms with van der Waals surface area (Å²) in [5.41, 5.74) is 0. The van der Waals surface area contributed by atoms with Crippen molar-refractivity contribution in [3.63, 3.8) is 0 Å². The highest BCUT2D eigenvalue weighted by Gasteiger charge is 1.94. The van der Waals surface area contributed by atoms with E-state index in [2.05, 4.69) is 9.36 Å². The summed E-state index contributed by atoms with van der Waals surface area (Å²) in [7, 11) is 0. The number of nitrogens with zero attached hydrogens (tertiary/aromatic N) is 2. The molecule has 0 atom stereocenters. The highest BCUT2D eigenvalue weighted by atomic mass is 32.1. The minimum absolute atomic E-state index is 0.00546. The van der Waals surface area contributed by atoms with Crippen molar-refractivity contribution in [1.29, 1.82) is 0 Å². The molecule has 1 rings (SSSR count). The molecule has 0 saturated carbocycles. The summed E-state index contributed by atoms with van der Waals surface area (Å²) in [5, 5.41) is 9.14. The van der Waals surface area contributed by atoms with Crippen molar-refractivity contribution >= 4 is 11.5 Å². The lowest BCUT2D eigenvalue weighted by Crippen LogP contribution is -1.79. The molecule has 0 aromatic carbocycles. The molecule has 0 aliphatic carbocycles. The van der Waals surface area contributed by atoms with E-state index in [9.17, 15) is 0 Å². The van der Waals surface area contributed by atoms with E-state index in [0.717, 1.165) is 5.82 Å². The first kappa shape index (κ1) is 5.65. The highest BCUT2D eigenvalue weighted by Crippen LogP contribution is 2.01. The Morgan fingerprint density at radius 2 is 2.50 bits per heavy atom. The number of aliphatic hydroxyl groups excluding tert-OH is 1. The zero-order valence-electron chi connectivity index (χ0n) is 4.46. The van der Waals surface area contributed by atoms with Crippen LogP contribution in [0, 0.1) is 6.92 Å². The van der Waals surface area contributed by atoms with Crippen LogP contribution in [0.2, 0.25) is 0 Å². The molecule has 0 bridgehead atoms. The Balaban J connectivity index is 2.84. The van der Waals surface area contributed by atoms with Crippen LogP contribution in [0.25, 0.3) is 0 Å². The van der Waals surface area contributed by atoms with Crippen LogP contribution in [-0.2, 0) is 6.61 Å². The van der Waals surface area contributed by atoms with E-state index in [1.54, 1.807) is 6.92 Å². The summed E-state index contributed by atoms with van der Waals surface area (Å²) in [4.78, 5) is 3.89. The fourth-order valence-corrected chi connectivity index (χ4v) is 0.913. The van der Waals surface area contributed by atoms with Gasteiger partial charge < -0.3 is 5.11 Å². The Kier molecular flexibility index (Phi) is 1.55. The van der Waals surface area contributed by atoms with Gasteiger partial charge in [0.2, 0.25) is 0 Å². The second-order valence-corrected chi connectivity index (χ2v) is 2.23. The second-order valence-electron chi connectivity index (χ2n) is 1.39. The molecule has 0 fully saturated rings. The van der Waals surface area contributed by atoms with Gasteiger partial charge in [0, 0.05) is 0 Å². The van der Waals surface area contributed by atoms with Gasteiger partial charge in [-0.25, -0.2) is 4.98 Å². The maximum absolute atomic E-state index is 8.46. The quantitative estimate of drug-likeness (QED) is 0.596. The Hall–Kier alpha value is -0.480. The fraction of sp³-hybridized carbons (Fsp3) is 0.500. The van der Waals surface area contributed by atoms with E-state index in [0.29, 0.717) is 5.01 Å². The molecule has 1 aromatic heterocycles. The summed E-state index contributed by atoms with van der Waals surface area (Å²) >= 11 is 1.24. The highest BCUT2D eigenvalue weighted by molar-refractivity contribution is 7.05. The van der Waals surface area contributed by atoms with Crippen LogP contribution < -0.4 is 0 Å². The SMILES string of the molecule is Cc1nsc(CO)n1. The normalized spacial score (nSPS) is 9.75. The van der Waals surface area contributed by atoms with Crippen LogP contribution in [0.5, 0.6) is 0 Å². The smallest absolute Gasteiger partial charge is 0.139 e. The molecular formula is C4H6N2OS. The third kappa shape index (κ3) is 1.02. The molecule has 4 heteroatoms. The van der Waals surface area contributed by atoms with E-state index < -0.39 is 0 Å². The van der Waals surface area contributed by atoms with E-state index in [4.69, 9.17) is 5.11 Å². The second kappa shape index (κ2) is 2.19. The molecule has 3 nitrogen and oxygen atoms in total. The average molecular weight is 130 g/mol. The van der Waals surface area contributed by atoms with Crippen LogP contribution in [0.15, 0.2) is 0 Å². The average Bonchev–Trinajstić information content (AvgIpc) is 2.14.